The van der Waals surface area contributed by atoms with E-state index in [-0.39, 0.29) is 36.0 Å². The maximum atomic E-state index is 12.8. The number of carboxylic acids is 3. The lowest BCUT2D eigenvalue weighted by Gasteiger charge is -2.28. The lowest BCUT2D eigenvalue weighted by atomic mass is 10.0. The summed E-state index contributed by atoms with van der Waals surface area (Å²) in [7, 11) is 1.90. The van der Waals surface area contributed by atoms with Crippen LogP contribution in [0.2, 0.25) is 0 Å². The fourth-order valence-corrected chi connectivity index (χ4v) is 5.23. The first kappa shape index (κ1) is 31.5. The van der Waals surface area contributed by atoms with Crippen molar-refractivity contribution in [1.29, 1.82) is 0 Å². The molecule has 1 aliphatic carbocycles. The summed E-state index contributed by atoms with van der Waals surface area (Å²) in [6.45, 7) is 0. The van der Waals surface area contributed by atoms with E-state index >= 15 is 0 Å². The van der Waals surface area contributed by atoms with Crippen LogP contribution in [0.4, 0.5) is 11.6 Å². The summed E-state index contributed by atoms with van der Waals surface area (Å²) in [6.07, 6.45) is 0.0315. The zero-order valence-electron chi connectivity index (χ0n) is 23.7. The van der Waals surface area contributed by atoms with Crippen molar-refractivity contribution in [3.8, 4) is 0 Å². The monoisotopic (exact) mass is 608 g/mol. The average Bonchev–Trinajstić information content (AvgIpc) is 3.38. The number of carbonyl (C=O) groups is 5. The number of amides is 2. The minimum atomic E-state index is -1.44. The summed E-state index contributed by atoms with van der Waals surface area (Å²) in [5.74, 6) is -5.44. The van der Waals surface area contributed by atoms with Crippen LogP contribution in [-0.2, 0) is 25.6 Å². The highest BCUT2D eigenvalue weighted by Gasteiger charge is 2.28. The van der Waals surface area contributed by atoms with Crippen LogP contribution in [0.1, 0.15) is 59.6 Å². The van der Waals surface area contributed by atoms with Crippen LogP contribution >= 0.6 is 0 Å². The highest BCUT2D eigenvalue weighted by Crippen LogP contribution is 2.38. The van der Waals surface area contributed by atoms with Gasteiger partial charge < -0.3 is 36.6 Å². The Balaban J connectivity index is 1.38. The van der Waals surface area contributed by atoms with Gasteiger partial charge in [-0.05, 0) is 73.2 Å². The normalized spacial score (nSPS) is 15.2. The number of aromatic amines is 1. The molecule has 1 heterocycles. The van der Waals surface area contributed by atoms with Crippen LogP contribution in [0.25, 0.3) is 10.9 Å². The van der Waals surface area contributed by atoms with Gasteiger partial charge in [-0.1, -0.05) is 0 Å². The van der Waals surface area contributed by atoms with Gasteiger partial charge in [-0.3, -0.25) is 24.2 Å². The molecule has 15 heteroatoms. The third kappa shape index (κ3) is 7.29. The smallest absolute Gasteiger partial charge is 0.326 e. The number of fused-ring (bicyclic) bond motifs is 2. The molecule has 232 valence electrons. The molecule has 0 bridgehead atoms. The number of carboxylic acid groups (broad SMARTS) is 3. The molecule has 2 aromatic carbocycles. The summed E-state index contributed by atoms with van der Waals surface area (Å²) in [5.41, 5.74) is 8.92. The number of carbonyl (C=O) groups excluding carboxylic acids is 2. The Hall–Kier alpha value is -5.47. The van der Waals surface area contributed by atoms with E-state index in [0.717, 1.165) is 29.7 Å². The maximum absolute atomic E-state index is 12.8. The Kier molecular flexibility index (Phi) is 9.46. The number of nitrogens with one attached hydrogen (secondary N) is 3. The number of nitrogens with two attached hydrogens (primary N) is 1. The van der Waals surface area contributed by atoms with E-state index in [1.54, 1.807) is 24.3 Å². The van der Waals surface area contributed by atoms with Crippen molar-refractivity contribution >= 4 is 52.3 Å². The molecule has 3 aromatic rings. The number of H-pyrrole nitrogens is 1. The van der Waals surface area contributed by atoms with Crippen molar-refractivity contribution in [2.45, 2.75) is 56.7 Å². The van der Waals surface area contributed by atoms with E-state index in [1.807, 2.05) is 24.1 Å². The Morgan fingerprint density at radius 3 is 2.27 bits per heavy atom. The zero-order chi connectivity index (χ0) is 32.1. The summed E-state index contributed by atoms with van der Waals surface area (Å²) in [4.78, 5) is 80.0. The molecule has 44 heavy (non-hydrogen) atoms. The highest BCUT2D eigenvalue weighted by atomic mass is 16.4. The van der Waals surface area contributed by atoms with E-state index in [9.17, 15) is 39.0 Å². The molecule has 0 spiro atoms. The number of aliphatic carboxylic acids is 3. The quantitative estimate of drug-likeness (QED) is 0.144. The predicted octanol–water partition coefficient (Wildman–Crippen LogP) is 1.03. The van der Waals surface area contributed by atoms with Crippen LogP contribution in [0.3, 0.4) is 0 Å². The van der Waals surface area contributed by atoms with Crippen molar-refractivity contribution in [2.75, 3.05) is 17.7 Å². The third-order valence-corrected chi connectivity index (χ3v) is 7.58. The van der Waals surface area contributed by atoms with Gasteiger partial charge in [-0.2, -0.15) is 0 Å². The first-order valence-electron chi connectivity index (χ1n) is 13.8. The molecule has 1 aromatic heterocycles. The Bertz CT molecular complexity index is 1670. The van der Waals surface area contributed by atoms with E-state index in [0.29, 0.717) is 10.9 Å². The van der Waals surface area contributed by atoms with Crippen LogP contribution in [0, 0.1) is 0 Å². The standard InChI is InChI=1S/C29H32N6O9/c1-35(22-9-4-15-12-21-18(13-17(15)22)26(40)34-29(30)33-21)16-5-2-14(3-6-16)25(39)32-20(28(43)44)7-10-23(36)31-19(27(41)42)8-11-24(37)38/h2-3,5-6,12-13,19-20,22H,4,7-11H2,1H3,(H,31,36)(H,32,39)(H,37,38)(H,41,42)(H,43,44)(H3,30,33,34,40)/t19-,20+,22?/m1/s1. The van der Waals surface area contributed by atoms with E-state index < -0.39 is 54.6 Å². The average molecular weight is 609 g/mol. The molecular formula is C29H32N6O9. The minimum absolute atomic E-state index is 0.0431. The number of aromatic nitrogens is 2. The molecule has 1 aliphatic rings. The molecule has 1 unspecified atom stereocenters. The summed E-state index contributed by atoms with van der Waals surface area (Å²) >= 11 is 0. The second-order valence-electron chi connectivity index (χ2n) is 10.5. The van der Waals surface area contributed by atoms with Gasteiger partial charge >= 0.3 is 17.9 Å². The zero-order valence-corrected chi connectivity index (χ0v) is 23.7. The fraction of sp³-hybridized carbons (Fsp3) is 0.345. The maximum Gasteiger partial charge on any atom is 0.326 e. The first-order chi connectivity index (χ1) is 20.8. The lowest BCUT2D eigenvalue weighted by Crippen LogP contribution is -2.44. The number of hydrogen-bond donors (Lipinski definition) is 7. The van der Waals surface area contributed by atoms with Gasteiger partial charge in [-0.25, -0.2) is 14.6 Å². The lowest BCUT2D eigenvalue weighted by molar-refractivity contribution is -0.143. The first-order valence-corrected chi connectivity index (χ1v) is 13.8. The largest absolute Gasteiger partial charge is 0.481 e. The fourth-order valence-electron chi connectivity index (χ4n) is 5.23. The number of nitrogens with zero attached hydrogens (tertiary/aromatic N) is 2. The van der Waals surface area contributed by atoms with Gasteiger partial charge in [-0.15, -0.1) is 0 Å². The Morgan fingerprint density at radius 1 is 1.00 bits per heavy atom. The van der Waals surface area contributed by atoms with Gasteiger partial charge in [0, 0.05) is 31.1 Å². The molecule has 0 fully saturated rings. The second-order valence-corrected chi connectivity index (χ2v) is 10.5. The van der Waals surface area contributed by atoms with E-state index in [4.69, 9.17) is 10.8 Å². The van der Waals surface area contributed by atoms with Gasteiger partial charge in [0.2, 0.25) is 11.9 Å². The molecule has 3 atom stereocenters. The van der Waals surface area contributed by atoms with E-state index in [1.165, 1.54) is 0 Å². The molecule has 8 N–H and O–H groups in total. The Morgan fingerprint density at radius 2 is 1.64 bits per heavy atom. The number of anilines is 2. The van der Waals surface area contributed by atoms with Crippen molar-refractivity contribution in [1.82, 2.24) is 20.6 Å². The van der Waals surface area contributed by atoms with Crippen LogP contribution in [0.15, 0.2) is 41.2 Å². The van der Waals surface area contributed by atoms with Crippen molar-refractivity contribution < 1.29 is 39.3 Å². The van der Waals surface area contributed by atoms with Gasteiger partial charge in [0.05, 0.1) is 16.9 Å². The molecular weight excluding hydrogens is 576 g/mol. The summed E-state index contributed by atoms with van der Waals surface area (Å²) < 4.78 is 0. The molecule has 0 saturated carbocycles. The molecule has 4 rings (SSSR count). The summed E-state index contributed by atoms with van der Waals surface area (Å²) in [5, 5.41) is 32.5. The van der Waals surface area contributed by atoms with Crippen LogP contribution in [0.5, 0.6) is 0 Å². The molecule has 2 amide bonds. The molecule has 15 nitrogen and oxygen atoms in total. The van der Waals surface area contributed by atoms with Gasteiger partial charge in [0.25, 0.3) is 11.5 Å². The van der Waals surface area contributed by atoms with Crippen LogP contribution in [-0.4, -0.2) is 74.1 Å². The van der Waals surface area contributed by atoms with Crippen molar-refractivity contribution in [3.05, 3.63) is 63.4 Å². The topological polar surface area (TPSA) is 245 Å². The van der Waals surface area contributed by atoms with E-state index in [2.05, 4.69) is 20.6 Å². The van der Waals surface area contributed by atoms with Crippen molar-refractivity contribution in [2.24, 2.45) is 0 Å². The van der Waals surface area contributed by atoms with Crippen molar-refractivity contribution in [3.63, 3.8) is 0 Å². The Labute approximate surface area is 250 Å². The van der Waals surface area contributed by atoms with Crippen LogP contribution < -0.4 is 26.8 Å². The summed E-state index contributed by atoms with van der Waals surface area (Å²) in [6, 6.07) is 7.31. The molecule has 0 saturated heterocycles. The SMILES string of the molecule is CN(c1ccc(C(=O)N[C@@H](CCC(=O)N[C@H](CCC(=O)O)C(=O)O)C(=O)O)cc1)C1CCc2cc3nc(N)[nH]c(=O)c3cc21. The number of nitrogen functional groups attached to an aromatic ring is 1. The van der Waals surface area contributed by atoms with Gasteiger partial charge in [0.15, 0.2) is 0 Å². The molecule has 0 radical (unpaired) electrons. The second kappa shape index (κ2) is 13.2. The van der Waals surface area contributed by atoms with Gasteiger partial charge in [0.1, 0.15) is 12.1 Å². The number of aryl methyl sites for hydroxylation is 1. The predicted molar refractivity (Wildman–Crippen MR) is 157 cm³/mol. The molecule has 0 aliphatic heterocycles. The number of rotatable bonds is 13. The third-order valence-electron chi connectivity index (χ3n) is 7.58. The minimum Gasteiger partial charge on any atom is -0.481 e. The highest BCUT2D eigenvalue weighted by molar-refractivity contribution is 5.97. The number of hydrogen-bond acceptors (Lipinski definition) is 9. The number of benzene rings is 2.